The zero-order valence-corrected chi connectivity index (χ0v) is 13.3. The Morgan fingerprint density at radius 2 is 2.10 bits per heavy atom. The van der Waals surface area contributed by atoms with Crippen LogP contribution in [-0.4, -0.2) is 6.54 Å². The largest absolute Gasteiger partial charge is 0.461 e. The average molecular weight is 285 g/mol. The van der Waals surface area contributed by atoms with Gasteiger partial charge < -0.3 is 10.2 Å². The van der Waals surface area contributed by atoms with Gasteiger partial charge >= 0.3 is 0 Å². The Hall–Kier alpha value is -1.28. The number of hydrogen-bond donors (Lipinski definition) is 1. The highest BCUT2D eigenvalue weighted by Crippen LogP contribution is 2.43. The van der Waals surface area contributed by atoms with Gasteiger partial charge in [0.15, 0.2) is 0 Å². The third kappa shape index (κ3) is 3.01. The Balaban J connectivity index is 1.89. The zero-order chi connectivity index (χ0) is 14.8. The first kappa shape index (κ1) is 14.6. The Kier molecular flexibility index (Phi) is 4.34. The van der Waals surface area contributed by atoms with Crippen LogP contribution in [0.2, 0.25) is 0 Å². The van der Waals surface area contributed by atoms with Crippen LogP contribution >= 0.6 is 0 Å². The summed E-state index contributed by atoms with van der Waals surface area (Å²) in [6, 6.07) is 8.69. The second kappa shape index (κ2) is 6.23. The second-order valence-electron chi connectivity index (χ2n) is 6.76. The molecule has 1 saturated carbocycles. The van der Waals surface area contributed by atoms with E-state index in [1.54, 1.807) is 0 Å². The Morgan fingerprint density at radius 1 is 1.24 bits per heavy atom. The molecule has 2 aromatic rings. The first-order chi connectivity index (χ1) is 10.2. The second-order valence-corrected chi connectivity index (χ2v) is 6.76. The molecule has 2 N–H and O–H groups in total. The lowest BCUT2D eigenvalue weighted by Gasteiger charge is -2.34. The van der Waals surface area contributed by atoms with Crippen LogP contribution in [0, 0.1) is 18.8 Å². The monoisotopic (exact) mass is 285 g/mol. The molecule has 114 valence electrons. The molecule has 1 aliphatic rings. The fourth-order valence-corrected chi connectivity index (χ4v) is 3.99. The van der Waals surface area contributed by atoms with Crippen molar-refractivity contribution in [3.63, 3.8) is 0 Å². The molecule has 1 heterocycles. The molecule has 0 spiro atoms. The van der Waals surface area contributed by atoms with E-state index in [9.17, 15) is 0 Å². The molecule has 1 aliphatic carbocycles. The summed E-state index contributed by atoms with van der Waals surface area (Å²) in [6.07, 6.45) is 6.46. The van der Waals surface area contributed by atoms with Crippen LogP contribution in [0.1, 0.15) is 56.3 Å². The lowest BCUT2D eigenvalue weighted by atomic mass is 9.72. The smallest absolute Gasteiger partial charge is 0.134 e. The maximum Gasteiger partial charge on any atom is 0.134 e. The zero-order valence-electron chi connectivity index (χ0n) is 13.3. The van der Waals surface area contributed by atoms with Crippen molar-refractivity contribution in [2.45, 2.75) is 51.9 Å². The van der Waals surface area contributed by atoms with Gasteiger partial charge in [-0.05, 0) is 56.3 Å². The van der Waals surface area contributed by atoms with Crippen LogP contribution in [0.25, 0.3) is 11.0 Å². The van der Waals surface area contributed by atoms with Crippen molar-refractivity contribution in [1.82, 2.24) is 0 Å². The normalized spacial score (nSPS) is 26.3. The van der Waals surface area contributed by atoms with Crippen LogP contribution in [0.15, 0.2) is 28.7 Å². The van der Waals surface area contributed by atoms with E-state index < -0.39 is 0 Å². The molecular weight excluding hydrogens is 258 g/mol. The van der Waals surface area contributed by atoms with Crippen LogP contribution in [0.5, 0.6) is 0 Å². The number of hydrogen-bond acceptors (Lipinski definition) is 2. The van der Waals surface area contributed by atoms with Crippen molar-refractivity contribution >= 4 is 11.0 Å². The summed E-state index contributed by atoms with van der Waals surface area (Å²) >= 11 is 0. The Morgan fingerprint density at radius 3 is 2.86 bits per heavy atom. The predicted molar refractivity (Wildman–Crippen MR) is 88.5 cm³/mol. The van der Waals surface area contributed by atoms with E-state index >= 15 is 0 Å². The van der Waals surface area contributed by atoms with Gasteiger partial charge in [-0.2, -0.15) is 0 Å². The minimum Gasteiger partial charge on any atom is -0.461 e. The fourth-order valence-electron chi connectivity index (χ4n) is 3.99. The van der Waals surface area contributed by atoms with E-state index in [-0.39, 0.29) is 0 Å². The number of benzene rings is 1. The van der Waals surface area contributed by atoms with E-state index in [4.69, 9.17) is 10.2 Å². The van der Waals surface area contributed by atoms with Gasteiger partial charge in [0.1, 0.15) is 11.3 Å². The van der Waals surface area contributed by atoms with Crippen LogP contribution in [0.4, 0.5) is 0 Å². The molecule has 21 heavy (non-hydrogen) atoms. The summed E-state index contributed by atoms with van der Waals surface area (Å²) in [6.45, 7) is 5.19. The molecule has 2 heteroatoms. The molecule has 1 aromatic heterocycles. The van der Waals surface area contributed by atoms with Gasteiger partial charge in [0, 0.05) is 11.3 Å². The first-order valence-electron chi connectivity index (χ1n) is 8.41. The summed E-state index contributed by atoms with van der Waals surface area (Å²) in [7, 11) is 0. The van der Waals surface area contributed by atoms with Crippen molar-refractivity contribution in [3.8, 4) is 0 Å². The predicted octanol–water partition coefficient (Wildman–Crippen LogP) is 5.00. The maximum absolute atomic E-state index is 6.17. The molecule has 3 rings (SSSR count). The van der Waals surface area contributed by atoms with Crippen molar-refractivity contribution in [2.24, 2.45) is 17.6 Å². The van der Waals surface area contributed by atoms with Crippen LogP contribution in [0.3, 0.4) is 0 Å². The molecule has 3 unspecified atom stereocenters. The van der Waals surface area contributed by atoms with Gasteiger partial charge in [-0.15, -0.1) is 0 Å². The Bertz CT molecular complexity index is 601. The minimum absolute atomic E-state index is 0.507. The number of fused-ring (bicyclic) bond motifs is 1. The number of nitrogens with two attached hydrogens (primary N) is 1. The van der Waals surface area contributed by atoms with Crippen LogP contribution < -0.4 is 5.73 Å². The van der Waals surface area contributed by atoms with Gasteiger partial charge in [0.2, 0.25) is 0 Å². The highest BCUT2D eigenvalue weighted by molar-refractivity contribution is 5.78. The van der Waals surface area contributed by atoms with E-state index in [1.807, 2.05) is 0 Å². The van der Waals surface area contributed by atoms with Gasteiger partial charge in [-0.3, -0.25) is 0 Å². The molecule has 0 bridgehead atoms. The molecule has 3 atom stereocenters. The standard InChI is InChI=1S/C19H27NO/c1-3-4-14-6-7-15(12-20)17(10-14)19-11-16-9-13(2)5-8-18(16)21-19/h5,8-9,11,14-15,17H,3-4,6-7,10,12,20H2,1-2H3. The molecule has 0 saturated heterocycles. The van der Waals surface area contributed by atoms with E-state index in [0.717, 1.165) is 23.8 Å². The summed E-state index contributed by atoms with van der Waals surface area (Å²) in [5.41, 5.74) is 8.33. The van der Waals surface area contributed by atoms with Crippen molar-refractivity contribution in [2.75, 3.05) is 6.54 Å². The van der Waals surface area contributed by atoms with Gasteiger partial charge in [-0.1, -0.05) is 37.8 Å². The summed E-state index contributed by atoms with van der Waals surface area (Å²) in [4.78, 5) is 0. The van der Waals surface area contributed by atoms with Crippen molar-refractivity contribution in [1.29, 1.82) is 0 Å². The highest BCUT2D eigenvalue weighted by atomic mass is 16.3. The van der Waals surface area contributed by atoms with E-state index in [0.29, 0.717) is 11.8 Å². The SMILES string of the molecule is CCCC1CCC(CN)C(c2cc3cc(C)ccc3o2)C1. The highest BCUT2D eigenvalue weighted by Gasteiger charge is 2.32. The lowest BCUT2D eigenvalue weighted by Crippen LogP contribution is -2.28. The van der Waals surface area contributed by atoms with Crippen molar-refractivity contribution < 1.29 is 4.42 Å². The first-order valence-corrected chi connectivity index (χ1v) is 8.41. The molecule has 2 nitrogen and oxygen atoms in total. The third-order valence-electron chi connectivity index (χ3n) is 5.16. The number of furan rings is 1. The lowest BCUT2D eigenvalue weighted by molar-refractivity contribution is 0.211. The molecular formula is C19H27NO. The summed E-state index contributed by atoms with van der Waals surface area (Å²) in [5, 5.41) is 1.23. The summed E-state index contributed by atoms with van der Waals surface area (Å²) in [5.74, 6) is 3.09. The topological polar surface area (TPSA) is 39.2 Å². The van der Waals surface area contributed by atoms with Gasteiger partial charge in [0.25, 0.3) is 0 Å². The molecule has 1 aromatic carbocycles. The van der Waals surface area contributed by atoms with Crippen LogP contribution in [-0.2, 0) is 0 Å². The maximum atomic E-state index is 6.17. The van der Waals surface area contributed by atoms with Gasteiger partial charge in [0.05, 0.1) is 0 Å². The Labute approximate surface area is 127 Å². The van der Waals surface area contributed by atoms with E-state index in [1.165, 1.54) is 43.1 Å². The van der Waals surface area contributed by atoms with Gasteiger partial charge in [-0.25, -0.2) is 0 Å². The average Bonchev–Trinajstić information content (AvgIpc) is 2.90. The third-order valence-corrected chi connectivity index (χ3v) is 5.16. The quantitative estimate of drug-likeness (QED) is 0.858. The van der Waals surface area contributed by atoms with E-state index in [2.05, 4.69) is 38.1 Å². The molecule has 0 radical (unpaired) electrons. The molecule has 0 aliphatic heterocycles. The fraction of sp³-hybridized carbons (Fsp3) is 0.579. The number of rotatable bonds is 4. The molecule has 0 amide bonds. The summed E-state index contributed by atoms with van der Waals surface area (Å²) < 4.78 is 6.17. The van der Waals surface area contributed by atoms with Crippen molar-refractivity contribution in [3.05, 3.63) is 35.6 Å². The minimum atomic E-state index is 0.507. The molecule has 1 fully saturated rings. The number of aryl methyl sites for hydroxylation is 1.